The zero-order chi connectivity index (χ0) is 18.2. The highest BCUT2D eigenvalue weighted by Gasteiger charge is 2.33. The van der Waals surface area contributed by atoms with E-state index in [-0.39, 0.29) is 5.78 Å². The predicted molar refractivity (Wildman–Crippen MR) is 103 cm³/mol. The average Bonchev–Trinajstić information content (AvgIpc) is 3.31. The van der Waals surface area contributed by atoms with E-state index in [2.05, 4.69) is 27.4 Å². The first-order valence-electron chi connectivity index (χ1n) is 8.65. The highest BCUT2D eigenvalue weighted by atomic mass is 32.1. The van der Waals surface area contributed by atoms with Gasteiger partial charge in [0.15, 0.2) is 5.76 Å². The van der Waals surface area contributed by atoms with Gasteiger partial charge in [-0.1, -0.05) is 6.07 Å². The van der Waals surface area contributed by atoms with E-state index in [0.717, 1.165) is 23.4 Å². The van der Waals surface area contributed by atoms with Crippen LogP contribution in [0.3, 0.4) is 0 Å². The van der Waals surface area contributed by atoms with E-state index >= 15 is 0 Å². The van der Waals surface area contributed by atoms with Crippen molar-refractivity contribution in [2.45, 2.75) is 13.1 Å². The fourth-order valence-electron chi connectivity index (χ4n) is 3.34. The lowest BCUT2D eigenvalue weighted by Gasteiger charge is -2.29. The van der Waals surface area contributed by atoms with Crippen molar-refractivity contribution in [1.82, 2.24) is 9.88 Å². The van der Waals surface area contributed by atoms with Gasteiger partial charge in [-0.3, -0.25) is 14.7 Å². The van der Waals surface area contributed by atoms with Gasteiger partial charge < -0.3 is 9.47 Å². The molecule has 2 aliphatic rings. The summed E-state index contributed by atoms with van der Waals surface area (Å²) in [6.45, 7) is 2.03. The predicted octanol–water partition coefficient (Wildman–Crippen LogP) is 4.11. The summed E-state index contributed by atoms with van der Waals surface area (Å²) in [5.74, 6) is 1.64. The Kier molecular flexibility index (Phi) is 3.99. The molecule has 0 unspecified atom stereocenters. The van der Waals surface area contributed by atoms with E-state index in [1.165, 1.54) is 4.88 Å². The van der Waals surface area contributed by atoms with Crippen molar-refractivity contribution in [3.63, 3.8) is 0 Å². The van der Waals surface area contributed by atoms with E-state index in [1.807, 2.05) is 18.2 Å². The monoisotopic (exact) mass is 376 g/mol. The molecular weight excluding hydrogens is 360 g/mol. The van der Waals surface area contributed by atoms with Crippen LogP contribution >= 0.6 is 11.3 Å². The summed E-state index contributed by atoms with van der Waals surface area (Å²) in [5, 5.41) is 2.07. The van der Waals surface area contributed by atoms with Crippen LogP contribution in [0.2, 0.25) is 0 Å². The summed E-state index contributed by atoms with van der Waals surface area (Å²) >= 11 is 1.73. The maximum Gasteiger partial charge on any atom is 0.231 e. The van der Waals surface area contributed by atoms with Crippen molar-refractivity contribution in [1.29, 1.82) is 0 Å². The number of thiophene rings is 1. The summed E-state index contributed by atoms with van der Waals surface area (Å²) in [7, 11) is 0. The molecule has 0 atom stereocenters. The Hall–Kier alpha value is -2.96. The molecule has 0 aliphatic carbocycles. The number of rotatable bonds is 3. The Morgan fingerprint density at radius 2 is 2.07 bits per heavy atom. The third-order valence-corrected chi connectivity index (χ3v) is 5.51. The molecule has 2 aromatic heterocycles. The van der Waals surface area contributed by atoms with Crippen molar-refractivity contribution in [3.8, 4) is 11.5 Å². The Balaban J connectivity index is 1.45. The van der Waals surface area contributed by atoms with Gasteiger partial charge in [0.25, 0.3) is 0 Å². The maximum atomic E-state index is 12.8. The van der Waals surface area contributed by atoms with Gasteiger partial charge in [0, 0.05) is 30.4 Å². The molecule has 0 saturated carbocycles. The van der Waals surface area contributed by atoms with Crippen molar-refractivity contribution < 1.29 is 14.3 Å². The Bertz CT molecular complexity index is 1030. The number of fused-ring (bicyclic) bond motifs is 3. The number of Topliss-reactive ketones (excluding diaryl/α,β-unsaturated/α-hetero) is 1. The minimum atomic E-state index is -0.0972. The zero-order valence-corrected chi connectivity index (χ0v) is 15.2. The van der Waals surface area contributed by atoms with Gasteiger partial charge >= 0.3 is 0 Å². The Morgan fingerprint density at radius 1 is 1.19 bits per heavy atom. The first-order chi connectivity index (χ1) is 13.3. The highest BCUT2D eigenvalue weighted by Crippen LogP contribution is 2.42. The molecule has 0 amide bonds. The molecule has 134 valence electrons. The van der Waals surface area contributed by atoms with Crippen molar-refractivity contribution in [3.05, 3.63) is 81.5 Å². The number of hydrogen-bond donors (Lipinski definition) is 0. The molecule has 5 nitrogen and oxygen atoms in total. The first-order valence-corrected chi connectivity index (χ1v) is 9.53. The summed E-state index contributed by atoms with van der Waals surface area (Å²) in [6.07, 6.45) is 5.14. The molecule has 0 saturated heterocycles. The molecule has 2 aliphatic heterocycles. The lowest BCUT2D eigenvalue weighted by molar-refractivity contribution is 0.0882. The summed E-state index contributed by atoms with van der Waals surface area (Å²) in [5.41, 5.74) is 2.41. The second-order valence-corrected chi connectivity index (χ2v) is 7.51. The maximum absolute atomic E-state index is 12.8. The number of benzene rings is 1. The number of ether oxygens (including phenoxy) is 2. The minimum absolute atomic E-state index is 0.0972. The SMILES string of the molecule is O=C1/C(=C/c2ccncc2)Oc2c1ccc1c2CN(Cc2cccs2)CO1. The molecule has 4 heterocycles. The van der Waals surface area contributed by atoms with E-state index in [0.29, 0.717) is 30.3 Å². The van der Waals surface area contributed by atoms with Gasteiger partial charge in [-0.15, -0.1) is 11.3 Å². The van der Waals surface area contributed by atoms with Gasteiger partial charge in [0.1, 0.15) is 18.2 Å². The van der Waals surface area contributed by atoms with Gasteiger partial charge in [0.05, 0.1) is 11.1 Å². The Morgan fingerprint density at radius 3 is 2.89 bits per heavy atom. The number of nitrogens with zero attached hydrogens (tertiary/aromatic N) is 2. The van der Waals surface area contributed by atoms with Crippen LogP contribution in [0.5, 0.6) is 11.5 Å². The van der Waals surface area contributed by atoms with Crippen LogP contribution in [0.4, 0.5) is 0 Å². The highest BCUT2D eigenvalue weighted by molar-refractivity contribution is 7.09. The largest absolute Gasteiger partial charge is 0.478 e. The summed E-state index contributed by atoms with van der Waals surface area (Å²) in [6, 6.07) is 11.5. The number of allylic oxidation sites excluding steroid dienone is 1. The van der Waals surface area contributed by atoms with Crippen LogP contribution in [-0.4, -0.2) is 22.4 Å². The second-order valence-electron chi connectivity index (χ2n) is 6.48. The van der Waals surface area contributed by atoms with Crippen LogP contribution in [0.25, 0.3) is 6.08 Å². The molecule has 27 heavy (non-hydrogen) atoms. The number of pyridine rings is 1. The second kappa shape index (κ2) is 6.64. The summed E-state index contributed by atoms with van der Waals surface area (Å²) in [4.78, 5) is 20.2. The van der Waals surface area contributed by atoms with Crippen molar-refractivity contribution in [2.75, 3.05) is 6.73 Å². The molecule has 6 heteroatoms. The number of ketones is 1. The standard InChI is InChI=1S/C21H16N2O3S/c24-20-16-3-4-18-17(12-23(13-25-18)11-15-2-1-9-27-15)21(16)26-19(20)10-14-5-7-22-8-6-14/h1-10H,11-13H2/b19-10-. The first kappa shape index (κ1) is 16.2. The molecule has 3 aromatic rings. The third kappa shape index (κ3) is 3.03. The van der Waals surface area contributed by atoms with Crippen LogP contribution in [0, 0.1) is 0 Å². The van der Waals surface area contributed by atoms with Crippen LogP contribution < -0.4 is 9.47 Å². The molecule has 0 radical (unpaired) electrons. The minimum Gasteiger partial charge on any atom is -0.478 e. The third-order valence-electron chi connectivity index (χ3n) is 4.65. The lowest BCUT2D eigenvalue weighted by Crippen LogP contribution is -2.31. The van der Waals surface area contributed by atoms with E-state index in [9.17, 15) is 4.79 Å². The normalized spacial score (nSPS) is 17.3. The lowest BCUT2D eigenvalue weighted by atomic mass is 10.0. The van der Waals surface area contributed by atoms with Crippen molar-refractivity contribution >= 4 is 23.2 Å². The molecular formula is C21H16N2O3S. The molecule has 0 spiro atoms. The van der Waals surface area contributed by atoms with Gasteiger partial charge in [-0.25, -0.2) is 0 Å². The molecule has 0 N–H and O–H groups in total. The molecule has 5 rings (SSSR count). The fraction of sp³-hybridized carbons (Fsp3) is 0.143. The van der Waals surface area contributed by atoms with E-state index in [1.54, 1.807) is 35.9 Å². The zero-order valence-electron chi connectivity index (χ0n) is 14.4. The number of hydrogen-bond acceptors (Lipinski definition) is 6. The molecule has 0 fully saturated rings. The molecule has 0 bridgehead atoms. The topological polar surface area (TPSA) is 51.7 Å². The summed E-state index contributed by atoms with van der Waals surface area (Å²) < 4.78 is 11.9. The quantitative estimate of drug-likeness (QED) is 0.644. The Labute approximate surface area is 160 Å². The number of carbonyl (C=O) groups is 1. The number of aromatic nitrogens is 1. The van der Waals surface area contributed by atoms with E-state index < -0.39 is 0 Å². The molecule has 1 aromatic carbocycles. The van der Waals surface area contributed by atoms with Gasteiger partial charge in [0.2, 0.25) is 5.78 Å². The van der Waals surface area contributed by atoms with Crippen molar-refractivity contribution in [2.24, 2.45) is 0 Å². The van der Waals surface area contributed by atoms with Crippen LogP contribution in [-0.2, 0) is 13.1 Å². The van der Waals surface area contributed by atoms with Gasteiger partial charge in [-0.05, 0) is 47.4 Å². The van der Waals surface area contributed by atoms with Crippen LogP contribution in [0.1, 0.15) is 26.4 Å². The fourth-order valence-corrected chi connectivity index (χ4v) is 4.09. The van der Waals surface area contributed by atoms with Gasteiger partial charge in [-0.2, -0.15) is 0 Å². The smallest absolute Gasteiger partial charge is 0.231 e. The number of carbonyl (C=O) groups excluding carboxylic acids is 1. The van der Waals surface area contributed by atoms with Crippen LogP contribution in [0.15, 0.2) is 59.9 Å². The average molecular weight is 376 g/mol. The van der Waals surface area contributed by atoms with E-state index in [4.69, 9.17) is 9.47 Å².